The molecule has 0 saturated carbocycles. The van der Waals surface area contributed by atoms with Crippen molar-refractivity contribution in [1.29, 1.82) is 0 Å². The Hall–Kier alpha value is -0.660. The summed E-state index contributed by atoms with van der Waals surface area (Å²) in [5, 5.41) is 0. The molecule has 1 amide bonds. The highest BCUT2D eigenvalue weighted by atomic mass is 32.2. The summed E-state index contributed by atoms with van der Waals surface area (Å²) in [5.41, 5.74) is 2.07. The Balaban J connectivity index is 2.31. The maximum absolute atomic E-state index is 11.3. The molecule has 0 aromatic heterocycles. The van der Waals surface area contributed by atoms with Gasteiger partial charge >= 0.3 is 0 Å². The summed E-state index contributed by atoms with van der Waals surface area (Å²) in [6.45, 7) is 3.21. The van der Waals surface area contributed by atoms with E-state index in [-0.39, 0.29) is 23.5 Å². The highest BCUT2D eigenvalue weighted by Gasteiger charge is 2.27. The maximum atomic E-state index is 11.3. The zero-order valence-corrected chi connectivity index (χ0v) is 10.3. The molecule has 1 fully saturated rings. The van der Waals surface area contributed by atoms with Crippen LogP contribution in [0.5, 0.6) is 0 Å². The standard InChI is InChI=1S/C9H19N3O3S/c1-8-7-16(14,15)6-5-12(8)4-2-3-9(13)11-10/h8H,2-7,10H2,1H3,(H,11,13). The number of nitrogens with two attached hydrogens (primary N) is 1. The molecular formula is C9H19N3O3S. The average Bonchev–Trinajstić information content (AvgIpc) is 2.20. The first kappa shape index (κ1) is 13.4. The third kappa shape index (κ3) is 4.07. The van der Waals surface area contributed by atoms with E-state index in [1.807, 2.05) is 6.92 Å². The van der Waals surface area contributed by atoms with Gasteiger partial charge in [0.25, 0.3) is 0 Å². The summed E-state index contributed by atoms with van der Waals surface area (Å²) in [6.07, 6.45) is 1.08. The number of sulfone groups is 1. The molecule has 16 heavy (non-hydrogen) atoms. The van der Waals surface area contributed by atoms with Crippen molar-refractivity contribution in [3.63, 3.8) is 0 Å². The van der Waals surface area contributed by atoms with E-state index in [2.05, 4.69) is 10.3 Å². The number of hydrogen-bond acceptors (Lipinski definition) is 5. The molecule has 1 rings (SSSR count). The molecule has 0 bridgehead atoms. The number of amides is 1. The van der Waals surface area contributed by atoms with Gasteiger partial charge in [0.05, 0.1) is 11.5 Å². The number of hydrogen-bond donors (Lipinski definition) is 2. The van der Waals surface area contributed by atoms with Crippen LogP contribution < -0.4 is 11.3 Å². The summed E-state index contributed by atoms with van der Waals surface area (Å²) < 4.78 is 22.7. The molecule has 1 aliphatic rings. The van der Waals surface area contributed by atoms with Crippen molar-refractivity contribution < 1.29 is 13.2 Å². The first-order valence-corrected chi connectivity index (χ1v) is 7.20. The quantitative estimate of drug-likeness (QED) is 0.374. The van der Waals surface area contributed by atoms with Crippen LogP contribution in [0.4, 0.5) is 0 Å². The van der Waals surface area contributed by atoms with Crippen LogP contribution in [0.25, 0.3) is 0 Å². The zero-order valence-electron chi connectivity index (χ0n) is 9.48. The first-order chi connectivity index (χ1) is 7.44. The molecule has 7 heteroatoms. The molecule has 1 saturated heterocycles. The Labute approximate surface area is 96.1 Å². The Morgan fingerprint density at radius 2 is 2.25 bits per heavy atom. The normalized spacial score (nSPS) is 25.2. The second kappa shape index (κ2) is 5.60. The van der Waals surface area contributed by atoms with Crippen molar-refractivity contribution in [2.24, 2.45) is 5.84 Å². The number of carbonyl (C=O) groups excluding carboxylic acids is 1. The van der Waals surface area contributed by atoms with Crippen LogP contribution in [-0.2, 0) is 14.6 Å². The average molecular weight is 249 g/mol. The van der Waals surface area contributed by atoms with E-state index in [9.17, 15) is 13.2 Å². The van der Waals surface area contributed by atoms with Crippen molar-refractivity contribution in [2.45, 2.75) is 25.8 Å². The van der Waals surface area contributed by atoms with Gasteiger partial charge in [0.2, 0.25) is 5.91 Å². The summed E-state index contributed by atoms with van der Waals surface area (Å²) in [7, 11) is -2.85. The van der Waals surface area contributed by atoms with Gasteiger partial charge in [-0.15, -0.1) is 0 Å². The molecular weight excluding hydrogens is 230 g/mol. The number of rotatable bonds is 4. The van der Waals surface area contributed by atoms with Gasteiger partial charge in [-0.05, 0) is 19.9 Å². The smallest absolute Gasteiger partial charge is 0.233 e. The van der Waals surface area contributed by atoms with E-state index in [0.717, 1.165) is 6.54 Å². The van der Waals surface area contributed by atoms with E-state index in [1.165, 1.54) is 0 Å². The lowest BCUT2D eigenvalue weighted by Crippen LogP contribution is -2.47. The van der Waals surface area contributed by atoms with Crippen LogP contribution in [0, 0.1) is 0 Å². The predicted octanol–water partition coefficient (Wildman–Crippen LogP) is -1.12. The van der Waals surface area contributed by atoms with Crippen LogP contribution in [0.1, 0.15) is 19.8 Å². The van der Waals surface area contributed by atoms with Gasteiger partial charge in [-0.2, -0.15) is 0 Å². The minimum atomic E-state index is -2.85. The van der Waals surface area contributed by atoms with Crippen LogP contribution in [0.2, 0.25) is 0 Å². The molecule has 94 valence electrons. The van der Waals surface area contributed by atoms with Crippen molar-refractivity contribution in [3.05, 3.63) is 0 Å². The SMILES string of the molecule is CC1CS(=O)(=O)CCN1CCCC(=O)NN. The van der Waals surface area contributed by atoms with Gasteiger partial charge < -0.3 is 0 Å². The van der Waals surface area contributed by atoms with Gasteiger partial charge in [0.15, 0.2) is 9.84 Å². The van der Waals surface area contributed by atoms with E-state index in [4.69, 9.17) is 5.84 Å². The topological polar surface area (TPSA) is 92.5 Å². The molecule has 0 aromatic carbocycles. The molecule has 1 heterocycles. The van der Waals surface area contributed by atoms with Crippen molar-refractivity contribution in [1.82, 2.24) is 10.3 Å². The van der Waals surface area contributed by atoms with Gasteiger partial charge in [-0.3, -0.25) is 15.1 Å². The molecule has 3 N–H and O–H groups in total. The predicted molar refractivity (Wildman–Crippen MR) is 61.3 cm³/mol. The third-order valence-electron chi connectivity index (χ3n) is 2.82. The summed E-state index contributed by atoms with van der Waals surface area (Å²) in [6, 6.07) is 0.0414. The lowest BCUT2D eigenvalue weighted by molar-refractivity contribution is -0.121. The number of nitrogens with zero attached hydrogens (tertiary/aromatic N) is 1. The second-order valence-corrected chi connectivity index (χ2v) is 6.40. The van der Waals surface area contributed by atoms with Crippen molar-refractivity contribution in [3.8, 4) is 0 Å². The Kier molecular flexibility index (Phi) is 4.69. The van der Waals surface area contributed by atoms with E-state index in [1.54, 1.807) is 0 Å². The third-order valence-corrected chi connectivity index (χ3v) is 4.61. The molecule has 0 aromatic rings. The fraction of sp³-hybridized carbons (Fsp3) is 0.889. The summed E-state index contributed by atoms with van der Waals surface area (Å²) in [5.74, 6) is 5.22. The highest BCUT2D eigenvalue weighted by Crippen LogP contribution is 2.12. The largest absolute Gasteiger partial charge is 0.299 e. The fourth-order valence-electron chi connectivity index (χ4n) is 1.88. The molecule has 1 atom stereocenters. The molecule has 0 spiro atoms. The van der Waals surface area contributed by atoms with E-state index >= 15 is 0 Å². The van der Waals surface area contributed by atoms with Crippen molar-refractivity contribution >= 4 is 15.7 Å². The summed E-state index contributed by atoms with van der Waals surface area (Å²) >= 11 is 0. The highest BCUT2D eigenvalue weighted by molar-refractivity contribution is 7.91. The minimum Gasteiger partial charge on any atom is -0.299 e. The van der Waals surface area contributed by atoms with E-state index < -0.39 is 9.84 Å². The number of nitrogens with one attached hydrogen (secondary N) is 1. The molecule has 0 radical (unpaired) electrons. The van der Waals surface area contributed by atoms with Gasteiger partial charge in [-0.1, -0.05) is 0 Å². The van der Waals surface area contributed by atoms with Crippen LogP contribution >= 0.6 is 0 Å². The van der Waals surface area contributed by atoms with Gasteiger partial charge in [0, 0.05) is 19.0 Å². The van der Waals surface area contributed by atoms with Gasteiger partial charge in [-0.25, -0.2) is 14.3 Å². The number of carbonyl (C=O) groups is 1. The summed E-state index contributed by atoms with van der Waals surface area (Å²) in [4.78, 5) is 13.0. The van der Waals surface area contributed by atoms with Crippen LogP contribution in [0.3, 0.4) is 0 Å². The molecule has 0 aliphatic carbocycles. The van der Waals surface area contributed by atoms with Crippen molar-refractivity contribution in [2.75, 3.05) is 24.6 Å². The number of hydrazine groups is 1. The monoisotopic (exact) mass is 249 g/mol. The lowest BCUT2D eigenvalue weighted by atomic mass is 10.2. The Morgan fingerprint density at radius 1 is 1.56 bits per heavy atom. The van der Waals surface area contributed by atoms with Crippen LogP contribution in [-0.4, -0.2) is 49.9 Å². The lowest BCUT2D eigenvalue weighted by Gasteiger charge is -2.32. The zero-order chi connectivity index (χ0) is 12.2. The van der Waals surface area contributed by atoms with Gasteiger partial charge in [0.1, 0.15) is 0 Å². The Morgan fingerprint density at radius 3 is 2.81 bits per heavy atom. The second-order valence-electron chi connectivity index (χ2n) is 4.17. The fourth-order valence-corrected chi connectivity index (χ4v) is 3.51. The maximum Gasteiger partial charge on any atom is 0.233 e. The minimum absolute atomic E-state index is 0.0414. The molecule has 1 unspecified atom stereocenters. The molecule has 1 aliphatic heterocycles. The van der Waals surface area contributed by atoms with Crippen LogP contribution in [0.15, 0.2) is 0 Å². The molecule has 6 nitrogen and oxygen atoms in total. The first-order valence-electron chi connectivity index (χ1n) is 5.38. The van der Waals surface area contributed by atoms with E-state index in [0.29, 0.717) is 19.4 Å². The Bertz CT molecular complexity index is 342.